The van der Waals surface area contributed by atoms with Gasteiger partial charge in [-0.05, 0) is 59.6 Å². The van der Waals surface area contributed by atoms with Crippen molar-refractivity contribution in [3.63, 3.8) is 0 Å². The fourth-order valence-corrected chi connectivity index (χ4v) is 5.32. The van der Waals surface area contributed by atoms with Crippen LogP contribution < -0.4 is 5.32 Å². The van der Waals surface area contributed by atoms with Crippen LogP contribution in [0.25, 0.3) is 22.0 Å². The molecule has 2 amide bonds. The highest BCUT2D eigenvalue weighted by Gasteiger charge is 2.34. The summed E-state index contributed by atoms with van der Waals surface area (Å²) >= 11 is 10.1. The topological polar surface area (TPSA) is 54.3 Å². The van der Waals surface area contributed by atoms with E-state index in [1.807, 2.05) is 30.5 Å². The van der Waals surface area contributed by atoms with Gasteiger partial charge in [0.05, 0.1) is 16.6 Å². The van der Waals surface area contributed by atoms with Gasteiger partial charge in [0, 0.05) is 39.7 Å². The molecule has 3 heterocycles. The first-order valence-corrected chi connectivity index (χ1v) is 10.9. The summed E-state index contributed by atoms with van der Waals surface area (Å²) in [6, 6.07) is 9.40. The predicted octanol–water partition coefficient (Wildman–Crippen LogP) is 4.70. The van der Waals surface area contributed by atoms with E-state index in [1.54, 1.807) is 6.07 Å². The van der Waals surface area contributed by atoms with Crippen molar-refractivity contribution in [2.75, 3.05) is 19.6 Å². The Hall–Kier alpha value is -2.15. The third-order valence-electron chi connectivity index (χ3n) is 5.83. The molecule has 2 aromatic carbocycles. The fourth-order valence-electron chi connectivity index (χ4n) is 4.43. The number of hydrogen-bond acceptors (Lipinski definition) is 3. The van der Waals surface area contributed by atoms with Crippen LogP contribution in [0.4, 0.5) is 0 Å². The average molecular weight is 473 g/mol. The van der Waals surface area contributed by atoms with Gasteiger partial charge in [-0.25, -0.2) is 0 Å². The quantitative estimate of drug-likeness (QED) is 0.560. The first-order chi connectivity index (χ1) is 14.0. The molecule has 0 aliphatic carbocycles. The van der Waals surface area contributed by atoms with Gasteiger partial charge in [0.25, 0.3) is 11.8 Å². The Balaban J connectivity index is 1.71. The molecule has 1 aromatic heterocycles. The van der Waals surface area contributed by atoms with Crippen molar-refractivity contribution in [3.8, 4) is 11.1 Å². The van der Waals surface area contributed by atoms with E-state index in [1.165, 1.54) is 12.8 Å². The number of halogens is 2. The SMILES string of the molecule is O=C1NC(=O)c2c1c(-c1ccccc1Cl)cc1c2c(Br)cn1CCN1CCCC1. The number of likely N-dealkylation sites (tertiary alicyclic amines) is 1. The number of fused-ring (bicyclic) bond motifs is 3. The van der Waals surface area contributed by atoms with Gasteiger partial charge < -0.3 is 9.47 Å². The number of amides is 2. The molecule has 0 unspecified atom stereocenters. The van der Waals surface area contributed by atoms with Crippen molar-refractivity contribution >= 4 is 50.2 Å². The maximum Gasteiger partial charge on any atom is 0.259 e. The second-order valence-electron chi connectivity index (χ2n) is 7.55. The molecule has 1 N–H and O–H groups in total. The average Bonchev–Trinajstić information content (AvgIpc) is 3.40. The number of nitrogens with zero attached hydrogens (tertiary/aromatic N) is 2. The van der Waals surface area contributed by atoms with E-state index in [2.05, 4.69) is 30.7 Å². The summed E-state index contributed by atoms with van der Waals surface area (Å²) in [5.74, 6) is -0.736. The summed E-state index contributed by atoms with van der Waals surface area (Å²) in [5, 5.41) is 3.79. The highest BCUT2D eigenvalue weighted by Crippen LogP contribution is 2.41. The summed E-state index contributed by atoms with van der Waals surface area (Å²) in [6.07, 6.45) is 4.51. The Morgan fingerprint density at radius 2 is 1.72 bits per heavy atom. The van der Waals surface area contributed by atoms with Gasteiger partial charge in [-0.15, -0.1) is 0 Å². The highest BCUT2D eigenvalue weighted by molar-refractivity contribution is 9.10. The van der Waals surface area contributed by atoms with Gasteiger partial charge in [0.1, 0.15) is 0 Å². The van der Waals surface area contributed by atoms with E-state index in [0.29, 0.717) is 21.7 Å². The van der Waals surface area contributed by atoms with E-state index in [-0.39, 0.29) is 11.8 Å². The van der Waals surface area contributed by atoms with Crippen LogP contribution in [-0.4, -0.2) is 40.9 Å². The van der Waals surface area contributed by atoms with Gasteiger partial charge in [0.15, 0.2) is 0 Å². The largest absolute Gasteiger partial charge is 0.345 e. The van der Waals surface area contributed by atoms with Crippen LogP contribution in [0.5, 0.6) is 0 Å². The zero-order valence-electron chi connectivity index (χ0n) is 15.7. The van der Waals surface area contributed by atoms with Crippen LogP contribution >= 0.6 is 27.5 Å². The fraction of sp³-hybridized carbons (Fsp3) is 0.273. The molecule has 0 radical (unpaired) electrons. The second-order valence-corrected chi connectivity index (χ2v) is 8.81. The summed E-state index contributed by atoms with van der Waals surface area (Å²) in [7, 11) is 0. The molecule has 148 valence electrons. The lowest BCUT2D eigenvalue weighted by Crippen LogP contribution is -2.23. The number of carbonyl (C=O) groups is 2. The molecular weight excluding hydrogens is 454 g/mol. The number of benzene rings is 2. The van der Waals surface area contributed by atoms with Crippen molar-refractivity contribution in [3.05, 3.63) is 57.2 Å². The standard InChI is InChI=1S/C22H19BrClN3O2/c23-15-12-27(10-9-26-7-3-4-8-26)17-11-14(13-5-1-2-6-16(13)24)18-20(19(15)17)22(29)25-21(18)28/h1-2,5-6,11-12H,3-4,7-10H2,(H,25,28,29). The zero-order valence-corrected chi connectivity index (χ0v) is 18.0. The number of rotatable bonds is 4. The first kappa shape index (κ1) is 18.9. The minimum Gasteiger partial charge on any atom is -0.345 e. The minimum absolute atomic E-state index is 0.359. The minimum atomic E-state index is -0.376. The van der Waals surface area contributed by atoms with Gasteiger partial charge in [-0.3, -0.25) is 14.9 Å². The van der Waals surface area contributed by atoms with Crippen molar-refractivity contribution in [2.45, 2.75) is 19.4 Å². The molecule has 5 nitrogen and oxygen atoms in total. The van der Waals surface area contributed by atoms with E-state index in [4.69, 9.17) is 11.6 Å². The van der Waals surface area contributed by atoms with Crippen molar-refractivity contribution in [2.24, 2.45) is 0 Å². The van der Waals surface area contributed by atoms with Gasteiger partial charge in [-0.2, -0.15) is 0 Å². The normalized spacial score (nSPS) is 16.6. The third kappa shape index (κ3) is 3.10. The third-order valence-corrected chi connectivity index (χ3v) is 6.76. The molecular formula is C22H19BrClN3O2. The van der Waals surface area contributed by atoms with Crippen molar-refractivity contribution in [1.82, 2.24) is 14.8 Å². The monoisotopic (exact) mass is 471 g/mol. The van der Waals surface area contributed by atoms with Crippen molar-refractivity contribution in [1.29, 1.82) is 0 Å². The maximum atomic E-state index is 12.7. The molecule has 7 heteroatoms. The summed E-state index contributed by atoms with van der Waals surface area (Å²) in [5.41, 5.74) is 3.19. The number of nitrogens with one attached hydrogen (secondary N) is 1. The predicted molar refractivity (Wildman–Crippen MR) is 118 cm³/mol. The number of aromatic nitrogens is 1. The van der Waals surface area contributed by atoms with Gasteiger partial charge in [-0.1, -0.05) is 29.8 Å². The lowest BCUT2D eigenvalue weighted by atomic mass is 9.94. The van der Waals surface area contributed by atoms with E-state index >= 15 is 0 Å². The van der Waals surface area contributed by atoms with Crippen LogP contribution in [0.15, 0.2) is 41.0 Å². The molecule has 0 atom stereocenters. The Kier molecular flexibility index (Phi) is 4.73. The van der Waals surface area contributed by atoms with Crippen LogP contribution in [0.2, 0.25) is 5.02 Å². The Morgan fingerprint density at radius 1 is 1.00 bits per heavy atom. The Morgan fingerprint density at radius 3 is 2.48 bits per heavy atom. The molecule has 2 aliphatic heterocycles. The summed E-state index contributed by atoms with van der Waals surface area (Å²) < 4.78 is 2.98. The molecule has 29 heavy (non-hydrogen) atoms. The number of imide groups is 1. The van der Waals surface area contributed by atoms with E-state index in [0.717, 1.165) is 47.1 Å². The maximum absolute atomic E-state index is 12.7. The first-order valence-electron chi connectivity index (χ1n) is 9.73. The van der Waals surface area contributed by atoms with Crippen LogP contribution in [0.1, 0.15) is 33.6 Å². The lowest BCUT2D eigenvalue weighted by molar-refractivity contribution is 0.0880. The van der Waals surface area contributed by atoms with Crippen LogP contribution in [0, 0.1) is 0 Å². The number of hydrogen-bond donors (Lipinski definition) is 1. The van der Waals surface area contributed by atoms with Crippen molar-refractivity contribution < 1.29 is 9.59 Å². The van der Waals surface area contributed by atoms with Gasteiger partial charge >= 0.3 is 0 Å². The van der Waals surface area contributed by atoms with Gasteiger partial charge in [0.2, 0.25) is 0 Å². The molecule has 1 saturated heterocycles. The molecule has 2 aliphatic rings. The molecule has 0 spiro atoms. The summed E-state index contributed by atoms with van der Waals surface area (Å²) in [4.78, 5) is 27.8. The molecule has 0 saturated carbocycles. The van der Waals surface area contributed by atoms with Crippen LogP contribution in [-0.2, 0) is 6.54 Å². The number of carbonyl (C=O) groups excluding carboxylic acids is 2. The Labute approximate surface area is 181 Å². The molecule has 5 rings (SSSR count). The smallest absolute Gasteiger partial charge is 0.259 e. The molecule has 1 fully saturated rings. The molecule has 3 aromatic rings. The Bertz CT molecular complexity index is 1160. The second kappa shape index (κ2) is 7.27. The zero-order chi connectivity index (χ0) is 20.1. The highest BCUT2D eigenvalue weighted by atomic mass is 79.9. The lowest BCUT2D eigenvalue weighted by Gasteiger charge is -2.16. The molecule has 0 bridgehead atoms. The van der Waals surface area contributed by atoms with E-state index < -0.39 is 0 Å². The van der Waals surface area contributed by atoms with Crippen LogP contribution in [0.3, 0.4) is 0 Å². The summed E-state index contributed by atoms with van der Waals surface area (Å²) in [6.45, 7) is 4.05. The van der Waals surface area contributed by atoms with E-state index in [9.17, 15) is 9.59 Å².